The molecule has 0 fully saturated rings. The topological polar surface area (TPSA) is 97.4 Å². The Bertz CT molecular complexity index is 956. The van der Waals surface area contributed by atoms with Crippen molar-refractivity contribution >= 4 is 28.7 Å². The van der Waals surface area contributed by atoms with Crippen LogP contribution in [0.2, 0.25) is 0 Å². The minimum atomic E-state index is -0.439. The van der Waals surface area contributed by atoms with Gasteiger partial charge in [0.05, 0.1) is 22.9 Å². The molecule has 0 aliphatic carbocycles. The van der Waals surface area contributed by atoms with Crippen molar-refractivity contribution in [1.29, 1.82) is 0 Å². The van der Waals surface area contributed by atoms with Crippen molar-refractivity contribution in [3.05, 3.63) is 70.8 Å². The second-order valence-electron chi connectivity index (χ2n) is 8.30. The fourth-order valence-electron chi connectivity index (χ4n) is 3.28. The van der Waals surface area contributed by atoms with E-state index in [1.165, 1.54) is 31.4 Å². The fourth-order valence-corrected chi connectivity index (χ4v) is 3.28. The molecule has 8 heteroatoms. The molecule has 0 saturated heterocycles. The normalized spacial score (nSPS) is 10.9. The lowest BCUT2D eigenvalue weighted by Gasteiger charge is -2.19. The van der Waals surface area contributed by atoms with Crippen molar-refractivity contribution < 1.29 is 14.5 Å². The van der Waals surface area contributed by atoms with Gasteiger partial charge in [-0.15, -0.1) is 0 Å². The van der Waals surface area contributed by atoms with Gasteiger partial charge in [-0.2, -0.15) is 10.2 Å². The molecule has 0 aromatic heterocycles. The lowest BCUT2D eigenvalue weighted by Crippen LogP contribution is -2.18. The molecule has 0 N–H and O–H groups in total. The Kier molecular flexibility index (Phi) is 11.4. The molecule has 0 spiro atoms. The average Bonchev–Trinajstić information content (AvgIpc) is 2.84. The zero-order chi connectivity index (χ0) is 24.8. The SMILES string of the molecule is C=C(C)C(=O)OCCCCCCCCCN(C)c1ccc(N=Nc2ccc([N+](=O)[O-])cc2)cc1. The van der Waals surface area contributed by atoms with E-state index < -0.39 is 4.92 Å². The second kappa shape index (κ2) is 14.6. The highest BCUT2D eigenvalue weighted by molar-refractivity contribution is 5.86. The number of hydrogen-bond donors (Lipinski definition) is 0. The van der Waals surface area contributed by atoms with Gasteiger partial charge in [0.1, 0.15) is 0 Å². The summed E-state index contributed by atoms with van der Waals surface area (Å²) < 4.78 is 5.09. The number of hydrogen-bond acceptors (Lipinski definition) is 7. The monoisotopic (exact) mass is 466 g/mol. The van der Waals surface area contributed by atoms with Gasteiger partial charge >= 0.3 is 5.97 Å². The summed E-state index contributed by atoms with van der Waals surface area (Å²) in [6, 6.07) is 13.8. The van der Waals surface area contributed by atoms with Gasteiger partial charge in [-0.3, -0.25) is 10.1 Å². The van der Waals surface area contributed by atoms with Crippen LogP contribution in [0.15, 0.2) is 70.9 Å². The van der Waals surface area contributed by atoms with Crippen LogP contribution >= 0.6 is 0 Å². The molecule has 0 bridgehead atoms. The molecule has 34 heavy (non-hydrogen) atoms. The Labute approximate surface area is 201 Å². The number of nitro benzene ring substituents is 1. The van der Waals surface area contributed by atoms with E-state index in [1.54, 1.807) is 19.1 Å². The van der Waals surface area contributed by atoms with Crippen LogP contribution in [-0.2, 0) is 9.53 Å². The Morgan fingerprint density at radius 3 is 1.94 bits per heavy atom. The quantitative estimate of drug-likeness (QED) is 0.0685. The van der Waals surface area contributed by atoms with Crippen molar-refractivity contribution in [2.75, 3.05) is 25.1 Å². The van der Waals surface area contributed by atoms with E-state index >= 15 is 0 Å². The summed E-state index contributed by atoms with van der Waals surface area (Å²) in [6.07, 6.45) is 7.89. The van der Waals surface area contributed by atoms with Crippen LogP contribution in [0, 0.1) is 10.1 Å². The molecule has 0 saturated carbocycles. The van der Waals surface area contributed by atoms with Gasteiger partial charge in [0.15, 0.2) is 0 Å². The summed E-state index contributed by atoms with van der Waals surface area (Å²) in [4.78, 5) is 23.8. The molecular formula is C26H34N4O4. The van der Waals surface area contributed by atoms with Crippen LogP contribution in [0.5, 0.6) is 0 Å². The number of anilines is 1. The predicted molar refractivity (Wildman–Crippen MR) is 135 cm³/mol. The van der Waals surface area contributed by atoms with E-state index in [4.69, 9.17) is 4.74 Å². The highest BCUT2D eigenvalue weighted by Crippen LogP contribution is 2.23. The number of nitro groups is 1. The van der Waals surface area contributed by atoms with Gasteiger partial charge in [0.25, 0.3) is 5.69 Å². The van der Waals surface area contributed by atoms with E-state index in [-0.39, 0.29) is 11.7 Å². The van der Waals surface area contributed by atoms with Gasteiger partial charge < -0.3 is 9.64 Å². The maximum Gasteiger partial charge on any atom is 0.333 e. The largest absolute Gasteiger partial charge is 0.462 e. The number of unbranched alkanes of at least 4 members (excludes halogenated alkanes) is 6. The van der Waals surface area contributed by atoms with Crippen molar-refractivity contribution in [2.45, 2.75) is 51.9 Å². The zero-order valence-corrected chi connectivity index (χ0v) is 20.1. The van der Waals surface area contributed by atoms with Gasteiger partial charge in [-0.1, -0.05) is 38.7 Å². The first kappa shape index (κ1) is 26.7. The number of azo groups is 1. The number of esters is 1. The van der Waals surface area contributed by atoms with Crippen molar-refractivity contribution in [1.82, 2.24) is 0 Å². The van der Waals surface area contributed by atoms with E-state index in [9.17, 15) is 14.9 Å². The van der Waals surface area contributed by atoms with Crippen molar-refractivity contribution in [3.63, 3.8) is 0 Å². The molecule has 2 aromatic rings. The third-order valence-corrected chi connectivity index (χ3v) is 5.35. The fraction of sp³-hybridized carbons (Fsp3) is 0.423. The number of carbonyl (C=O) groups is 1. The van der Waals surface area contributed by atoms with E-state index in [0.29, 0.717) is 17.9 Å². The zero-order valence-electron chi connectivity index (χ0n) is 20.1. The molecule has 182 valence electrons. The Morgan fingerprint density at radius 2 is 1.41 bits per heavy atom. The minimum Gasteiger partial charge on any atom is -0.462 e. The average molecular weight is 467 g/mol. The van der Waals surface area contributed by atoms with Gasteiger partial charge in [-0.05, 0) is 56.2 Å². The maximum absolute atomic E-state index is 11.3. The van der Waals surface area contributed by atoms with E-state index in [2.05, 4.69) is 28.8 Å². The molecule has 0 aliphatic rings. The molecule has 2 rings (SSSR count). The second-order valence-corrected chi connectivity index (χ2v) is 8.30. The van der Waals surface area contributed by atoms with Gasteiger partial charge in [0.2, 0.25) is 0 Å². The van der Waals surface area contributed by atoms with Gasteiger partial charge in [-0.25, -0.2) is 4.79 Å². The number of ether oxygens (including phenoxy) is 1. The smallest absolute Gasteiger partial charge is 0.333 e. The third-order valence-electron chi connectivity index (χ3n) is 5.35. The first-order valence-corrected chi connectivity index (χ1v) is 11.7. The number of rotatable bonds is 15. The Hall–Kier alpha value is -3.55. The number of non-ortho nitro benzene ring substituents is 1. The number of benzene rings is 2. The summed E-state index contributed by atoms with van der Waals surface area (Å²) in [6.45, 7) is 6.70. The Balaban J connectivity index is 1.60. The molecular weight excluding hydrogens is 432 g/mol. The standard InChI is InChI=1S/C26H34N4O4/c1-21(2)26(31)34-20-10-8-6-4-5-7-9-19-29(3)24-15-11-22(12-16-24)27-28-23-13-17-25(18-14-23)30(32)33/h11-18H,1,4-10,19-20H2,2-3H3. The summed E-state index contributed by atoms with van der Waals surface area (Å²) in [5, 5.41) is 19.0. The molecule has 0 atom stereocenters. The Morgan fingerprint density at radius 1 is 0.912 bits per heavy atom. The van der Waals surface area contributed by atoms with E-state index in [1.807, 2.05) is 24.3 Å². The van der Waals surface area contributed by atoms with Crippen LogP contribution < -0.4 is 4.90 Å². The number of nitrogens with zero attached hydrogens (tertiary/aromatic N) is 4. The van der Waals surface area contributed by atoms with Crippen LogP contribution in [-0.4, -0.2) is 31.1 Å². The van der Waals surface area contributed by atoms with Crippen LogP contribution in [0.3, 0.4) is 0 Å². The highest BCUT2D eigenvalue weighted by Gasteiger charge is 2.04. The third kappa shape index (κ3) is 9.94. The molecule has 0 radical (unpaired) electrons. The van der Waals surface area contributed by atoms with Crippen LogP contribution in [0.4, 0.5) is 22.7 Å². The summed E-state index contributed by atoms with van der Waals surface area (Å²) in [7, 11) is 2.08. The molecule has 0 amide bonds. The number of carbonyl (C=O) groups excluding carboxylic acids is 1. The molecule has 2 aromatic carbocycles. The van der Waals surface area contributed by atoms with E-state index in [0.717, 1.165) is 43.6 Å². The highest BCUT2D eigenvalue weighted by atomic mass is 16.6. The first-order valence-electron chi connectivity index (χ1n) is 11.7. The molecule has 0 heterocycles. The van der Waals surface area contributed by atoms with Gasteiger partial charge in [0, 0.05) is 37.0 Å². The summed E-state index contributed by atoms with van der Waals surface area (Å²) in [5.41, 5.74) is 2.90. The van der Waals surface area contributed by atoms with Crippen molar-refractivity contribution in [3.8, 4) is 0 Å². The molecule has 0 aliphatic heterocycles. The molecule has 0 unspecified atom stereocenters. The lowest BCUT2D eigenvalue weighted by molar-refractivity contribution is -0.384. The predicted octanol–water partition coefficient (Wildman–Crippen LogP) is 7.30. The molecule has 8 nitrogen and oxygen atoms in total. The first-order chi connectivity index (χ1) is 16.4. The maximum atomic E-state index is 11.3. The summed E-state index contributed by atoms with van der Waals surface area (Å²) in [5.74, 6) is -0.301. The van der Waals surface area contributed by atoms with Crippen LogP contribution in [0.25, 0.3) is 0 Å². The van der Waals surface area contributed by atoms with Crippen LogP contribution in [0.1, 0.15) is 51.9 Å². The lowest BCUT2D eigenvalue weighted by atomic mass is 10.1. The minimum absolute atomic E-state index is 0.0325. The summed E-state index contributed by atoms with van der Waals surface area (Å²) >= 11 is 0. The van der Waals surface area contributed by atoms with Crippen molar-refractivity contribution in [2.24, 2.45) is 10.2 Å².